The highest BCUT2D eigenvalue weighted by atomic mass is 16.6. The van der Waals surface area contributed by atoms with Gasteiger partial charge in [-0.15, -0.1) is 0 Å². The quantitative estimate of drug-likeness (QED) is 0.467. The molecule has 1 fully saturated rings. The Bertz CT molecular complexity index is 799. The lowest BCUT2D eigenvalue weighted by molar-refractivity contribution is -0.127. The van der Waals surface area contributed by atoms with Gasteiger partial charge in [-0.1, -0.05) is 0 Å². The van der Waals surface area contributed by atoms with Crippen LogP contribution < -0.4 is 5.48 Å². The van der Waals surface area contributed by atoms with Gasteiger partial charge in [-0.05, 0) is 36.4 Å². The SMILES string of the molecule is CONc1ccc(-c2ccc(/C=N/N3CC(=O)N(CO)C3=O)o2)cc1. The molecule has 1 aromatic carbocycles. The van der Waals surface area contributed by atoms with Crippen molar-refractivity contribution in [1.29, 1.82) is 0 Å². The second-order valence-electron chi connectivity index (χ2n) is 5.13. The van der Waals surface area contributed by atoms with Gasteiger partial charge >= 0.3 is 6.03 Å². The number of imide groups is 1. The summed E-state index contributed by atoms with van der Waals surface area (Å²) in [5.74, 6) is 0.553. The maximum atomic E-state index is 11.8. The van der Waals surface area contributed by atoms with Crippen LogP contribution in [0.2, 0.25) is 0 Å². The molecule has 2 aromatic rings. The highest BCUT2D eigenvalue weighted by molar-refractivity contribution is 6.02. The van der Waals surface area contributed by atoms with Gasteiger partial charge in [0.2, 0.25) is 0 Å². The Labute approximate surface area is 143 Å². The minimum atomic E-state index is -0.670. The third kappa shape index (κ3) is 3.52. The number of hydrogen-bond donors (Lipinski definition) is 2. The van der Waals surface area contributed by atoms with Gasteiger partial charge in [0.15, 0.2) is 0 Å². The van der Waals surface area contributed by atoms with E-state index in [4.69, 9.17) is 14.4 Å². The van der Waals surface area contributed by atoms with Crippen molar-refractivity contribution in [3.05, 3.63) is 42.2 Å². The molecule has 2 heterocycles. The summed E-state index contributed by atoms with van der Waals surface area (Å²) in [7, 11) is 1.53. The Balaban J connectivity index is 1.69. The molecule has 1 aliphatic heterocycles. The predicted molar refractivity (Wildman–Crippen MR) is 88.4 cm³/mol. The van der Waals surface area contributed by atoms with Crippen molar-refractivity contribution >= 4 is 23.8 Å². The normalized spacial score (nSPS) is 14.8. The first-order valence-corrected chi connectivity index (χ1v) is 7.38. The number of rotatable bonds is 6. The van der Waals surface area contributed by atoms with E-state index in [0.29, 0.717) is 16.4 Å². The van der Waals surface area contributed by atoms with Crippen molar-refractivity contribution in [3.8, 4) is 11.3 Å². The van der Waals surface area contributed by atoms with Crippen molar-refractivity contribution in [1.82, 2.24) is 9.91 Å². The van der Waals surface area contributed by atoms with E-state index in [-0.39, 0.29) is 6.54 Å². The molecule has 9 heteroatoms. The molecule has 1 aliphatic rings. The van der Waals surface area contributed by atoms with Crippen LogP contribution in [0.1, 0.15) is 5.76 Å². The molecule has 0 saturated carbocycles. The molecule has 2 N–H and O–H groups in total. The van der Waals surface area contributed by atoms with Gasteiger partial charge in [0, 0.05) is 5.56 Å². The van der Waals surface area contributed by atoms with Crippen LogP contribution in [0.15, 0.2) is 45.9 Å². The molecule has 0 atom stereocenters. The molecule has 130 valence electrons. The summed E-state index contributed by atoms with van der Waals surface area (Å²) in [6.07, 6.45) is 1.34. The molecule has 0 aliphatic carbocycles. The van der Waals surface area contributed by atoms with E-state index in [0.717, 1.165) is 16.3 Å². The van der Waals surface area contributed by atoms with Crippen LogP contribution in [-0.4, -0.2) is 53.6 Å². The lowest BCUT2D eigenvalue weighted by atomic mass is 10.1. The Morgan fingerprint density at radius 1 is 1.28 bits per heavy atom. The number of urea groups is 1. The number of aliphatic hydroxyl groups excluding tert-OH is 1. The first-order valence-electron chi connectivity index (χ1n) is 7.38. The minimum Gasteiger partial charge on any atom is -0.455 e. The molecule has 9 nitrogen and oxygen atoms in total. The van der Waals surface area contributed by atoms with E-state index in [1.165, 1.54) is 13.3 Å². The van der Waals surface area contributed by atoms with E-state index in [1.54, 1.807) is 12.1 Å². The largest absolute Gasteiger partial charge is 0.455 e. The second-order valence-corrected chi connectivity index (χ2v) is 5.13. The van der Waals surface area contributed by atoms with Crippen LogP contribution in [0.5, 0.6) is 0 Å². The van der Waals surface area contributed by atoms with E-state index >= 15 is 0 Å². The fraction of sp³-hybridized carbons (Fsp3) is 0.188. The van der Waals surface area contributed by atoms with Gasteiger partial charge in [0.1, 0.15) is 24.8 Å². The number of furan rings is 1. The number of hydrazone groups is 1. The van der Waals surface area contributed by atoms with Gasteiger partial charge in [-0.25, -0.2) is 14.7 Å². The lowest BCUT2D eigenvalue weighted by Crippen LogP contribution is -2.32. The lowest BCUT2D eigenvalue weighted by Gasteiger charge is -2.09. The summed E-state index contributed by atoms with van der Waals surface area (Å²) in [5.41, 5.74) is 4.39. The number of aliphatic hydroxyl groups is 1. The van der Waals surface area contributed by atoms with Gasteiger partial charge in [0.05, 0.1) is 19.0 Å². The molecule has 1 saturated heterocycles. The van der Waals surface area contributed by atoms with Crippen LogP contribution >= 0.6 is 0 Å². The number of benzene rings is 1. The predicted octanol–water partition coefficient (Wildman–Crippen LogP) is 1.47. The Kier molecular flexibility index (Phi) is 4.78. The number of anilines is 1. The van der Waals surface area contributed by atoms with Gasteiger partial charge in [0.25, 0.3) is 5.91 Å². The third-order valence-corrected chi connectivity index (χ3v) is 3.52. The summed E-state index contributed by atoms with van der Waals surface area (Å²) < 4.78 is 5.66. The summed E-state index contributed by atoms with van der Waals surface area (Å²) in [6.45, 7) is -0.875. The summed E-state index contributed by atoms with van der Waals surface area (Å²) >= 11 is 0. The molecule has 0 bridgehead atoms. The molecular weight excluding hydrogens is 328 g/mol. The molecule has 25 heavy (non-hydrogen) atoms. The molecular formula is C16H16N4O5. The average molecular weight is 344 g/mol. The smallest absolute Gasteiger partial charge is 0.349 e. The van der Waals surface area contributed by atoms with E-state index in [9.17, 15) is 9.59 Å². The Hall–Kier alpha value is -3.17. The Morgan fingerprint density at radius 3 is 2.68 bits per heavy atom. The van der Waals surface area contributed by atoms with Crippen LogP contribution in [0.3, 0.4) is 0 Å². The van der Waals surface area contributed by atoms with Crippen molar-refractivity contribution < 1.29 is 24.0 Å². The highest BCUT2D eigenvalue weighted by Gasteiger charge is 2.35. The van der Waals surface area contributed by atoms with E-state index < -0.39 is 18.7 Å². The number of carbonyl (C=O) groups is 2. The van der Waals surface area contributed by atoms with Crippen molar-refractivity contribution in [2.75, 3.05) is 25.9 Å². The maximum Gasteiger partial charge on any atom is 0.349 e. The standard InChI is InChI=1S/C16H16N4O5/c1-24-18-12-4-2-11(3-5-12)14-7-6-13(25-14)8-17-20-9-15(22)19(10-21)16(20)23/h2-8,18,21H,9-10H2,1H3/b17-8+. The summed E-state index contributed by atoms with van der Waals surface area (Å²) in [4.78, 5) is 28.8. The van der Waals surface area contributed by atoms with Gasteiger partial charge < -0.3 is 9.52 Å². The van der Waals surface area contributed by atoms with Crippen molar-refractivity contribution in [3.63, 3.8) is 0 Å². The third-order valence-electron chi connectivity index (χ3n) is 3.52. The number of amides is 3. The fourth-order valence-corrected chi connectivity index (χ4v) is 2.28. The molecule has 3 amide bonds. The summed E-state index contributed by atoms with van der Waals surface area (Å²) in [5, 5.41) is 13.9. The number of nitrogens with one attached hydrogen (secondary N) is 1. The highest BCUT2D eigenvalue weighted by Crippen LogP contribution is 2.23. The maximum absolute atomic E-state index is 11.8. The van der Waals surface area contributed by atoms with Crippen LogP contribution in [0.25, 0.3) is 11.3 Å². The zero-order valence-electron chi connectivity index (χ0n) is 13.4. The van der Waals surface area contributed by atoms with Crippen LogP contribution in [-0.2, 0) is 9.63 Å². The van der Waals surface area contributed by atoms with Crippen molar-refractivity contribution in [2.24, 2.45) is 5.10 Å². The topological polar surface area (TPSA) is 108 Å². The zero-order valence-corrected chi connectivity index (χ0v) is 13.4. The zero-order chi connectivity index (χ0) is 17.8. The van der Waals surface area contributed by atoms with Crippen molar-refractivity contribution in [2.45, 2.75) is 0 Å². The second kappa shape index (κ2) is 7.16. The Morgan fingerprint density at radius 2 is 2.04 bits per heavy atom. The van der Waals surface area contributed by atoms with Gasteiger partial charge in [-0.3, -0.25) is 15.1 Å². The molecule has 3 rings (SSSR count). The minimum absolute atomic E-state index is 0.211. The monoisotopic (exact) mass is 344 g/mol. The van der Waals surface area contributed by atoms with E-state index in [1.807, 2.05) is 24.3 Å². The average Bonchev–Trinajstić information content (AvgIpc) is 3.18. The number of carbonyl (C=O) groups excluding carboxylic acids is 2. The molecule has 0 radical (unpaired) electrons. The molecule has 0 unspecified atom stereocenters. The van der Waals surface area contributed by atoms with Crippen LogP contribution in [0, 0.1) is 0 Å². The number of nitrogens with zero attached hydrogens (tertiary/aromatic N) is 3. The van der Waals surface area contributed by atoms with Crippen LogP contribution in [0.4, 0.5) is 10.5 Å². The molecule has 1 aromatic heterocycles. The fourth-order valence-electron chi connectivity index (χ4n) is 2.28. The van der Waals surface area contributed by atoms with E-state index in [2.05, 4.69) is 10.6 Å². The molecule has 0 spiro atoms. The first-order chi connectivity index (χ1) is 12.1. The summed E-state index contributed by atoms with van der Waals surface area (Å²) in [6, 6.07) is 10.2. The van der Waals surface area contributed by atoms with Gasteiger partial charge in [-0.2, -0.15) is 5.10 Å². The number of hydrogen-bond acceptors (Lipinski definition) is 7. The first kappa shape index (κ1) is 16.7.